The van der Waals surface area contributed by atoms with Crippen LogP contribution in [0.4, 0.5) is 17.1 Å². The molecule has 0 aliphatic carbocycles. The molecule has 10 rings (SSSR count). The zero-order valence-electron chi connectivity index (χ0n) is 41.9. The topological polar surface area (TPSA) is 116 Å². The van der Waals surface area contributed by atoms with Crippen molar-refractivity contribution < 1.29 is 4.74 Å². The first-order chi connectivity index (χ1) is 35.5. The molecule has 0 N–H and O–H groups in total. The highest BCUT2D eigenvalue weighted by molar-refractivity contribution is 5.92. The number of rotatable bonds is 19. The first-order valence-electron chi connectivity index (χ1n) is 25.8. The molecule has 0 saturated carbocycles. The van der Waals surface area contributed by atoms with Gasteiger partial charge in [0.25, 0.3) is 0 Å². The predicted octanol–water partition coefficient (Wildman–Crippen LogP) is 15.8. The maximum Gasteiger partial charge on any atom is 0.159 e. The van der Waals surface area contributed by atoms with Gasteiger partial charge in [-0.1, -0.05) is 77.6 Å². The van der Waals surface area contributed by atoms with Gasteiger partial charge in [0.2, 0.25) is 0 Å². The Morgan fingerprint density at radius 2 is 0.597 bits per heavy atom. The molecule has 0 radical (unpaired) electrons. The van der Waals surface area contributed by atoms with Gasteiger partial charge in [-0.15, -0.1) is 0 Å². The average molecular weight is 948 g/mol. The zero-order chi connectivity index (χ0) is 49.2. The fourth-order valence-electron chi connectivity index (χ4n) is 9.22. The molecular weight excluding hydrogens is 887 g/mol. The van der Waals surface area contributed by atoms with Crippen LogP contribution in [0.1, 0.15) is 101 Å². The highest BCUT2D eigenvalue weighted by Gasteiger charge is 2.27. The van der Waals surface area contributed by atoms with Gasteiger partial charge < -0.3 is 9.64 Å². The van der Waals surface area contributed by atoms with Crippen LogP contribution in [0.15, 0.2) is 153 Å². The molecule has 0 atom stereocenters. The molecular formula is C62H61N9O. The number of para-hydroxylation sites is 4. The third-order valence-corrected chi connectivity index (χ3v) is 13.3. The van der Waals surface area contributed by atoms with Gasteiger partial charge in [0.1, 0.15) is 0 Å². The molecule has 5 aromatic carbocycles. The van der Waals surface area contributed by atoms with Crippen LogP contribution in [0.25, 0.3) is 67.8 Å². The van der Waals surface area contributed by atoms with Crippen molar-refractivity contribution in [2.24, 2.45) is 0 Å². The van der Waals surface area contributed by atoms with Crippen LogP contribution in [-0.4, -0.2) is 39.9 Å². The summed E-state index contributed by atoms with van der Waals surface area (Å²) >= 11 is 0. The second-order valence-corrected chi connectivity index (χ2v) is 18.8. The molecule has 9 aromatic rings. The summed E-state index contributed by atoms with van der Waals surface area (Å²) < 4.78 is 6.54. The molecule has 1 aliphatic heterocycles. The van der Waals surface area contributed by atoms with Crippen molar-refractivity contribution in [2.75, 3.05) is 4.90 Å². The zero-order valence-corrected chi connectivity index (χ0v) is 41.9. The van der Waals surface area contributed by atoms with Crippen LogP contribution in [0.2, 0.25) is 0 Å². The molecule has 0 saturated heterocycles. The second kappa shape index (κ2) is 22.4. The van der Waals surface area contributed by atoms with Crippen LogP contribution >= 0.6 is 0 Å². The smallest absolute Gasteiger partial charge is 0.159 e. The normalized spacial score (nSPS) is 11.8. The molecule has 0 spiro atoms. The Hall–Kier alpha value is -7.98. The van der Waals surface area contributed by atoms with Crippen molar-refractivity contribution in [2.45, 2.75) is 105 Å². The van der Waals surface area contributed by atoms with Crippen LogP contribution in [0, 0.1) is 0 Å². The van der Waals surface area contributed by atoms with E-state index >= 15 is 0 Å². The first kappa shape index (κ1) is 47.7. The molecule has 5 heterocycles. The van der Waals surface area contributed by atoms with Gasteiger partial charge >= 0.3 is 0 Å². The summed E-state index contributed by atoms with van der Waals surface area (Å²) in [5.41, 5.74) is 14.7. The summed E-state index contributed by atoms with van der Waals surface area (Å²) in [5.74, 6) is 4.12. The third-order valence-electron chi connectivity index (χ3n) is 13.3. The van der Waals surface area contributed by atoms with Crippen molar-refractivity contribution in [3.05, 3.63) is 175 Å². The van der Waals surface area contributed by atoms with Crippen molar-refractivity contribution in [3.8, 4) is 79.3 Å². The van der Waals surface area contributed by atoms with Crippen LogP contribution < -0.4 is 9.64 Å². The van der Waals surface area contributed by atoms with E-state index in [9.17, 15) is 0 Å². The summed E-state index contributed by atoms with van der Waals surface area (Å²) in [4.78, 5) is 41.9. The Balaban J connectivity index is 1.19. The maximum absolute atomic E-state index is 6.54. The Kier molecular flexibility index (Phi) is 14.8. The highest BCUT2D eigenvalue weighted by Crippen LogP contribution is 2.51. The number of aryl methyl sites for hydroxylation is 4. The molecule has 0 fully saturated rings. The number of anilines is 3. The van der Waals surface area contributed by atoms with E-state index in [1.807, 2.05) is 73.8 Å². The molecule has 1 aliphatic rings. The van der Waals surface area contributed by atoms with Gasteiger partial charge in [-0.2, -0.15) is 0 Å². The summed E-state index contributed by atoms with van der Waals surface area (Å²) in [6, 6.07) is 36.2. The largest absolute Gasteiger partial charge is 0.453 e. The molecule has 10 heteroatoms. The molecule has 10 nitrogen and oxygen atoms in total. The van der Waals surface area contributed by atoms with Gasteiger partial charge in [0, 0.05) is 77.5 Å². The highest BCUT2D eigenvalue weighted by atomic mass is 16.5. The minimum absolute atomic E-state index is 0.643. The molecule has 360 valence electrons. The predicted molar refractivity (Wildman–Crippen MR) is 291 cm³/mol. The van der Waals surface area contributed by atoms with E-state index in [-0.39, 0.29) is 0 Å². The van der Waals surface area contributed by atoms with E-state index in [1.54, 1.807) is 0 Å². The first-order valence-corrected chi connectivity index (χ1v) is 25.8. The van der Waals surface area contributed by atoms with Crippen LogP contribution in [-0.2, 0) is 25.7 Å². The van der Waals surface area contributed by atoms with E-state index in [0.29, 0.717) is 23.3 Å². The molecule has 4 aromatic heterocycles. The van der Waals surface area contributed by atoms with E-state index < -0.39 is 0 Å². The van der Waals surface area contributed by atoms with E-state index in [4.69, 9.17) is 44.6 Å². The van der Waals surface area contributed by atoms with Gasteiger partial charge in [0.15, 0.2) is 34.8 Å². The summed E-state index contributed by atoms with van der Waals surface area (Å²) in [6.45, 7) is 8.82. The van der Waals surface area contributed by atoms with Crippen molar-refractivity contribution >= 4 is 17.1 Å². The minimum Gasteiger partial charge on any atom is -0.453 e. The van der Waals surface area contributed by atoms with Crippen LogP contribution in [0.5, 0.6) is 11.5 Å². The average Bonchev–Trinajstić information content (AvgIpc) is 3.44. The molecule has 0 bridgehead atoms. The second-order valence-electron chi connectivity index (χ2n) is 18.8. The summed E-state index contributed by atoms with van der Waals surface area (Å²) in [6.07, 6.45) is 28.3. The van der Waals surface area contributed by atoms with Crippen molar-refractivity contribution in [1.29, 1.82) is 0 Å². The van der Waals surface area contributed by atoms with Crippen molar-refractivity contribution in [3.63, 3.8) is 0 Å². The number of unbranched alkanes of at least 4 members (excludes halogenated alkanes) is 4. The van der Waals surface area contributed by atoms with Gasteiger partial charge in [0.05, 0.1) is 11.4 Å². The number of hydrogen-bond donors (Lipinski definition) is 0. The maximum atomic E-state index is 6.54. The Labute approximate surface area is 423 Å². The van der Waals surface area contributed by atoms with E-state index in [0.717, 1.165) is 172 Å². The lowest BCUT2D eigenvalue weighted by molar-refractivity contribution is 0.477. The quantitative estimate of drug-likeness (QED) is 0.0776. The lowest BCUT2D eigenvalue weighted by atomic mass is 9.92. The SMILES string of the molecule is CCCCc1cnc(-c2cc(-c3cc(-c4cc(-c5ncc(CCCC)cn5)cc(-c5ncc(CCCC)cn5)c4)cc(N4c5ccccc5Oc5ccccc54)c3)cc(-c3ncc(CCCC)cn3)c2)nc1. The fraction of sp³-hybridized carbons (Fsp3) is 0.258. The molecule has 0 amide bonds. The van der Waals surface area contributed by atoms with Gasteiger partial charge in [-0.05, 0) is 175 Å². The van der Waals surface area contributed by atoms with Crippen LogP contribution in [0.3, 0.4) is 0 Å². The standard InChI is InChI=1S/C62H61N9O/c1-5-9-17-42-34-63-59(64-35-42)50-26-46(27-51(30-50)60-65-36-43(37-66-60)18-10-6-2)48-25-49(33-54(32-48)71-55-21-13-15-23-57(55)72-58-24-16-14-22-56(58)71)47-28-52(61-67-38-44(39-68-61)19-11-7-3)31-53(29-47)62-69-40-45(41-70-62)20-12-8-4/h13-16,21-41H,5-12,17-20H2,1-4H3. The summed E-state index contributed by atoms with van der Waals surface area (Å²) in [5, 5.41) is 0. The lowest BCUT2D eigenvalue weighted by Crippen LogP contribution is -2.15. The number of ether oxygens (including phenoxy) is 1. The number of nitrogens with zero attached hydrogens (tertiary/aromatic N) is 9. The van der Waals surface area contributed by atoms with Crippen molar-refractivity contribution in [1.82, 2.24) is 39.9 Å². The Morgan fingerprint density at radius 3 is 0.903 bits per heavy atom. The number of hydrogen-bond acceptors (Lipinski definition) is 10. The third kappa shape index (κ3) is 10.8. The lowest BCUT2D eigenvalue weighted by Gasteiger charge is -2.33. The Morgan fingerprint density at radius 1 is 0.333 bits per heavy atom. The number of benzene rings is 5. The van der Waals surface area contributed by atoms with Gasteiger partial charge in [-0.3, -0.25) is 0 Å². The monoisotopic (exact) mass is 947 g/mol. The number of aromatic nitrogens is 8. The van der Waals surface area contributed by atoms with Gasteiger partial charge in [-0.25, -0.2) is 39.9 Å². The van der Waals surface area contributed by atoms with E-state index in [2.05, 4.69) is 111 Å². The Bertz CT molecular complexity index is 2910. The minimum atomic E-state index is 0.643. The van der Waals surface area contributed by atoms with E-state index in [1.165, 1.54) is 0 Å². The molecule has 72 heavy (non-hydrogen) atoms. The summed E-state index contributed by atoms with van der Waals surface area (Å²) in [7, 11) is 0. The molecule has 0 unspecified atom stereocenters. The number of fused-ring (bicyclic) bond motifs is 2. The fourth-order valence-corrected chi connectivity index (χ4v) is 9.22.